The third-order valence-electron chi connectivity index (χ3n) is 0.636. The molecule has 1 fully saturated rings. The summed E-state index contributed by atoms with van der Waals surface area (Å²) in [6, 6.07) is 0. The third kappa shape index (κ3) is 1.28. The van der Waals surface area contributed by atoms with Gasteiger partial charge in [0.05, 0.1) is 0 Å². The van der Waals surface area contributed by atoms with Gasteiger partial charge in [0.2, 0.25) is 6.29 Å². The molecule has 0 aliphatic carbocycles. The van der Waals surface area contributed by atoms with Crippen LogP contribution in [-0.4, -0.2) is 18.9 Å². The summed E-state index contributed by atoms with van der Waals surface area (Å²) < 4.78 is 4.64. The molecule has 0 saturated carbocycles. The van der Waals surface area contributed by atoms with Gasteiger partial charge in [-0.25, -0.2) is 5.48 Å². The minimum absolute atomic E-state index is 0.230. The maximum Gasteiger partial charge on any atom is 0.219 e. The highest BCUT2D eigenvalue weighted by Crippen LogP contribution is 2.25. The first kappa shape index (κ1) is 5.31. The van der Waals surface area contributed by atoms with Gasteiger partial charge in [-0.15, -0.1) is 0 Å². The van der Waals surface area contributed by atoms with E-state index in [1.165, 1.54) is 0 Å². The Morgan fingerprint density at radius 3 is 2.57 bits per heavy atom. The second-order valence-corrected chi connectivity index (χ2v) is 1.61. The Kier molecular flexibility index (Phi) is 1.49. The van der Waals surface area contributed by atoms with Gasteiger partial charge in [-0.05, 0) is 0 Å². The molecule has 0 aromatic carbocycles. The molecule has 0 radical (unpaired) electrons. The molecule has 0 bridgehead atoms. The number of rotatable bonds is 2. The van der Waals surface area contributed by atoms with E-state index in [2.05, 4.69) is 15.1 Å². The molecule has 0 aromatic rings. The van der Waals surface area contributed by atoms with Crippen molar-refractivity contribution in [3.63, 3.8) is 0 Å². The fraction of sp³-hybridized carbons (Fsp3) is 1.00. The van der Waals surface area contributed by atoms with Gasteiger partial charge in [0.15, 0.2) is 5.56 Å². The first-order valence-electron chi connectivity index (χ1n) is 1.96. The Morgan fingerprint density at radius 2 is 2.43 bits per heavy atom. The van der Waals surface area contributed by atoms with E-state index in [0.29, 0.717) is 0 Å². The molecular weight excluding hydrogens is 117 g/mol. The predicted octanol–water partition coefficient (Wildman–Crippen LogP) is 0.0586. The van der Waals surface area contributed by atoms with Crippen LogP contribution in [0.15, 0.2) is 0 Å². The van der Waals surface area contributed by atoms with Crippen LogP contribution in [0.3, 0.4) is 0 Å². The van der Waals surface area contributed by atoms with Crippen LogP contribution in [0.5, 0.6) is 0 Å². The van der Waals surface area contributed by atoms with Gasteiger partial charge in [-0.3, -0.25) is 4.84 Å². The summed E-state index contributed by atoms with van der Waals surface area (Å²) in [6.45, 7) is 0. The van der Waals surface area contributed by atoms with Crippen LogP contribution in [0, 0.1) is 0 Å². The molecule has 42 valence electrons. The molecular formula is C3H6ClNO2. The van der Waals surface area contributed by atoms with Crippen molar-refractivity contribution in [2.45, 2.75) is 11.9 Å². The van der Waals surface area contributed by atoms with E-state index in [9.17, 15) is 0 Å². The maximum atomic E-state index is 5.34. The minimum Gasteiger partial charge on any atom is -0.322 e. The molecule has 4 heteroatoms. The Labute approximate surface area is 46.5 Å². The van der Waals surface area contributed by atoms with Crippen molar-refractivity contribution in [2.24, 2.45) is 0 Å². The second kappa shape index (κ2) is 1.96. The van der Waals surface area contributed by atoms with Gasteiger partial charge in [-0.1, -0.05) is 11.6 Å². The molecule has 2 unspecified atom stereocenters. The number of hydrogen-bond acceptors (Lipinski definition) is 3. The Hall–Kier alpha value is 0.170. The van der Waals surface area contributed by atoms with Crippen LogP contribution in [0.2, 0.25) is 0 Å². The second-order valence-electron chi connectivity index (χ2n) is 1.18. The average molecular weight is 124 g/mol. The number of epoxide rings is 1. The molecule has 7 heavy (non-hydrogen) atoms. The molecule has 0 aromatic heterocycles. The lowest BCUT2D eigenvalue weighted by Crippen LogP contribution is -2.10. The molecule has 2 atom stereocenters. The van der Waals surface area contributed by atoms with Crippen LogP contribution in [-0.2, 0) is 9.57 Å². The van der Waals surface area contributed by atoms with Crippen molar-refractivity contribution in [1.29, 1.82) is 0 Å². The Bertz CT molecular complexity index is 70.0. The average Bonchev–Trinajstić information content (AvgIpc) is 2.22. The van der Waals surface area contributed by atoms with Gasteiger partial charge < -0.3 is 4.74 Å². The molecule has 1 saturated heterocycles. The number of ether oxygens (including phenoxy) is 1. The van der Waals surface area contributed by atoms with Crippen LogP contribution in [0.25, 0.3) is 0 Å². The standard InChI is InChI=1S/C3H6ClNO2/c1-5-7-3-2(4)6-3/h2-3,5H,1H3. The highest BCUT2D eigenvalue weighted by atomic mass is 35.5. The minimum atomic E-state index is -0.243. The summed E-state index contributed by atoms with van der Waals surface area (Å²) in [5, 5.41) is 0. The number of hydrogen-bond donors (Lipinski definition) is 1. The zero-order valence-electron chi connectivity index (χ0n) is 3.85. The number of alkyl halides is 1. The van der Waals surface area contributed by atoms with Gasteiger partial charge >= 0.3 is 0 Å². The summed E-state index contributed by atoms with van der Waals surface area (Å²) in [7, 11) is 1.66. The third-order valence-corrected chi connectivity index (χ3v) is 0.944. The molecule has 0 spiro atoms. The molecule has 0 amide bonds. The van der Waals surface area contributed by atoms with Gasteiger partial charge in [0.25, 0.3) is 0 Å². The summed E-state index contributed by atoms with van der Waals surface area (Å²) in [6.07, 6.45) is -0.230. The largest absolute Gasteiger partial charge is 0.322 e. The van der Waals surface area contributed by atoms with Crippen molar-refractivity contribution in [1.82, 2.24) is 5.48 Å². The highest BCUT2D eigenvalue weighted by Gasteiger charge is 2.38. The Balaban J connectivity index is 1.98. The monoisotopic (exact) mass is 123 g/mol. The summed E-state index contributed by atoms with van der Waals surface area (Å²) in [5.41, 5.74) is 2.21. The zero-order chi connectivity index (χ0) is 5.28. The normalized spacial score (nSPS) is 38.6. The van der Waals surface area contributed by atoms with Crippen LogP contribution in [0.1, 0.15) is 0 Å². The number of halogens is 1. The van der Waals surface area contributed by atoms with Gasteiger partial charge in [0.1, 0.15) is 0 Å². The van der Waals surface area contributed by atoms with E-state index in [1.807, 2.05) is 0 Å². The SMILES string of the molecule is CNOC1OC1Cl. The quantitative estimate of drug-likeness (QED) is 0.320. The number of hydroxylamine groups is 1. The summed E-state index contributed by atoms with van der Waals surface area (Å²) in [5.74, 6) is 0. The van der Waals surface area contributed by atoms with Crippen LogP contribution < -0.4 is 5.48 Å². The lowest BCUT2D eigenvalue weighted by molar-refractivity contribution is -0.0106. The lowest BCUT2D eigenvalue weighted by atomic mass is 10.9. The maximum absolute atomic E-state index is 5.34. The fourth-order valence-corrected chi connectivity index (χ4v) is 0.433. The van der Waals surface area contributed by atoms with Crippen LogP contribution >= 0.6 is 11.6 Å². The van der Waals surface area contributed by atoms with Gasteiger partial charge in [0, 0.05) is 7.05 Å². The van der Waals surface area contributed by atoms with Crippen molar-refractivity contribution >= 4 is 11.6 Å². The van der Waals surface area contributed by atoms with Crippen molar-refractivity contribution in [2.75, 3.05) is 7.05 Å². The summed E-state index contributed by atoms with van der Waals surface area (Å²) in [4.78, 5) is 4.66. The van der Waals surface area contributed by atoms with Crippen molar-refractivity contribution in [3.8, 4) is 0 Å². The first-order valence-corrected chi connectivity index (χ1v) is 2.40. The molecule has 1 N–H and O–H groups in total. The fourth-order valence-electron chi connectivity index (χ4n) is 0.280. The molecule has 1 aliphatic heterocycles. The predicted molar refractivity (Wildman–Crippen MR) is 24.7 cm³/mol. The van der Waals surface area contributed by atoms with E-state index in [1.54, 1.807) is 7.05 Å². The number of nitrogens with one attached hydrogen (secondary N) is 1. The summed E-state index contributed by atoms with van der Waals surface area (Å²) >= 11 is 5.34. The molecule has 1 aliphatic rings. The molecule has 3 nitrogen and oxygen atoms in total. The van der Waals surface area contributed by atoms with E-state index >= 15 is 0 Å². The zero-order valence-corrected chi connectivity index (χ0v) is 4.61. The van der Waals surface area contributed by atoms with E-state index in [-0.39, 0.29) is 11.9 Å². The molecule has 1 rings (SSSR count). The van der Waals surface area contributed by atoms with E-state index in [0.717, 1.165) is 0 Å². The highest BCUT2D eigenvalue weighted by molar-refractivity contribution is 6.21. The Morgan fingerprint density at radius 1 is 1.86 bits per heavy atom. The molecule has 1 heterocycles. The van der Waals surface area contributed by atoms with Gasteiger partial charge in [-0.2, -0.15) is 0 Å². The first-order chi connectivity index (χ1) is 3.34. The smallest absolute Gasteiger partial charge is 0.219 e. The van der Waals surface area contributed by atoms with E-state index < -0.39 is 0 Å². The van der Waals surface area contributed by atoms with Crippen molar-refractivity contribution < 1.29 is 9.57 Å². The lowest BCUT2D eigenvalue weighted by Gasteiger charge is -1.89. The van der Waals surface area contributed by atoms with Crippen LogP contribution in [0.4, 0.5) is 0 Å². The van der Waals surface area contributed by atoms with Crippen molar-refractivity contribution in [3.05, 3.63) is 0 Å². The van der Waals surface area contributed by atoms with E-state index in [4.69, 9.17) is 11.6 Å². The topological polar surface area (TPSA) is 33.8 Å².